The largest absolute Gasteiger partial charge is 0.506 e. The molecule has 0 unspecified atom stereocenters. The zero-order chi connectivity index (χ0) is 15.4. The predicted molar refractivity (Wildman–Crippen MR) is 88.4 cm³/mol. The smallest absolute Gasteiger partial charge is 0.248 e. The zero-order valence-corrected chi connectivity index (χ0v) is 12.7. The Bertz CT molecular complexity index is 690. The molecule has 0 spiro atoms. The van der Waals surface area contributed by atoms with Crippen LogP contribution in [0.5, 0.6) is 5.75 Å². The van der Waals surface area contributed by atoms with E-state index in [9.17, 15) is 9.90 Å². The van der Waals surface area contributed by atoms with Crippen LogP contribution in [0.2, 0.25) is 0 Å². The number of nitrogens with one attached hydrogen (secondary N) is 3. The molecule has 0 bridgehead atoms. The molecule has 0 amide bonds. The van der Waals surface area contributed by atoms with Gasteiger partial charge in [-0.2, -0.15) is 0 Å². The van der Waals surface area contributed by atoms with Crippen LogP contribution in [0.25, 0.3) is 10.9 Å². The fourth-order valence-electron chi connectivity index (χ4n) is 3.13. The van der Waals surface area contributed by atoms with Crippen LogP contribution in [-0.4, -0.2) is 36.3 Å². The summed E-state index contributed by atoms with van der Waals surface area (Å²) in [6.07, 6.45) is 3.38. The van der Waals surface area contributed by atoms with Crippen molar-refractivity contribution in [1.82, 2.24) is 15.6 Å². The van der Waals surface area contributed by atoms with E-state index in [4.69, 9.17) is 0 Å². The Morgan fingerprint density at radius 3 is 2.82 bits per heavy atom. The number of hydrogen-bond acceptors (Lipinski definition) is 4. The molecular formula is C17H23N3O2. The highest BCUT2D eigenvalue weighted by molar-refractivity contribution is 5.87. The molecule has 0 radical (unpaired) electrons. The van der Waals surface area contributed by atoms with Crippen molar-refractivity contribution < 1.29 is 5.11 Å². The van der Waals surface area contributed by atoms with E-state index in [1.807, 2.05) is 6.07 Å². The molecular weight excluding hydrogens is 278 g/mol. The first-order chi connectivity index (χ1) is 10.7. The van der Waals surface area contributed by atoms with E-state index in [-0.39, 0.29) is 11.3 Å². The summed E-state index contributed by atoms with van der Waals surface area (Å²) in [6, 6.07) is 6.88. The van der Waals surface area contributed by atoms with Crippen LogP contribution in [0.4, 0.5) is 0 Å². The van der Waals surface area contributed by atoms with Gasteiger partial charge in [0.25, 0.3) is 0 Å². The molecule has 1 aliphatic heterocycles. The average molecular weight is 301 g/mol. The molecule has 22 heavy (non-hydrogen) atoms. The SMILES string of the molecule is O=c1ccc2c(CCNCC3CCNCC3)ccc(O)c2[nH]1. The first-order valence-corrected chi connectivity index (χ1v) is 7.99. The lowest BCUT2D eigenvalue weighted by Crippen LogP contribution is -2.34. The van der Waals surface area contributed by atoms with Gasteiger partial charge in [0.15, 0.2) is 0 Å². The van der Waals surface area contributed by atoms with Crippen molar-refractivity contribution in [2.45, 2.75) is 19.3 Å². The van der Waals surface area contributed by atoms with Crippen LogP contribution in [-0.2, 0) is 6.42 Å². The number of benzene rings is 1. The van der Waals surface area contributed by atoms with Crippen LogP contribution in [0.1, 0.15) is 18.4 Å². The predicted octanol–water partition coefficient (Wildman–Crippen LogP) is 1.37. The minimum atomic E-state index is -0.191. The molecule has 1 fully saturated rings. The van der Waals surface area contributed by atoms with Crippen LogP contribution in [0.15, 0.2) is 29.1 Å². The van der Waals surface area contributed by atoms with Gasteiger partial charge in [0.05, 0.1) is 5.52 Å². The topological polar surface area (TPSA) is 77.2 Å². The summed E-state index contributed by atoms with van der Waals surface area (Å²) in [5.41, 5.74) is 1.48. The van der Waals surface area contributed by atoms with Gasteiger partial charge in [-0.15, -0.1) is 0 Å². The first-order valence-electron chi connectivity index (χ1n) is 7.99. The molecule has 0 saturated carbocycles. The van der Waals surface area contributed by atoms with Gasteiger partial charge in [-0.25, -0.2) is 0 Å². The second-order valence-corrected chi connectivity index (χ2v) is 6.00. The maximum atomic E-state index is 11.4. The summed E-state index contributed by atoms with van der Waals surface area (Å²) in [7, 11) is 0. The quantitative estimate of drug-likeness (QED) is 0.629. The number of rotatable bonds is 5. The number of phenols is 1. The molecule has 1 aromatic carbocycles. The lowest BCUT2D eigenvalue weighted by molar-refractivity contribution is 0.358. The highest BCUT2D eigenvalue weighted by Gasteiger charge is 2.12. The second kappa shape index (κ2) is 6.94. The first kappa shape index (κ1) is 15.1. The fraction of sp³-hybridized carbons (Fsp3) is 0.471. The molecule has 1 aliphatic rings. The number of aromatic amines is 1. The summed E-state index contributed by atoms with van der Waals surface area (Å²) in [5, 5.41) is 17.7. The molecule has 5 nitrogen and oxygen atoms in total. The Hall–Kier alpha value is -1.85. The number of piperidine rings is 1. The van der Waals surface area contributed by atoms with Crippen LogP contribution < -0.4 is 16.2 Å². The van der Waals surface area contributed by atoms with Gasteiger partial charge >= 0.3 is 0 Å². The van der Waals surface area contributed by atoms with Gasteiger partial charge in [0, 0.05) is 11.5 Å². The average Bonchev–Trinajstić information content (AvgIpc) is 2.55. The van der Waals surface area contributed by atoms with Crippen molar-refractivity contribution in [3.63, 3.8) is 0 Å². The van der Waals surface area contributed by atoms with Gasteiger partial charge in [0.2, 0.25) is 5.56 Å². The van der Waals surface area contributed by atoms with Gasteiger partial charge in [-0.3, -0.25) is 4.79 Å². The standard InChI is InChI=1S/C17H23N3O2/c21-15-3-1-13(14-2-4-16(22)20-17(14)15)7-10-19-11-12-5-8-18-9-6-12/h1-4,12,18-19,21H,5-11H2,(H,20,22). The monoisotopic (exact) mass is 301 g/mol. The third-order valence-corrected chi connectivity index (χ3v) is 4.43. The number of aromatic hydroxyl groups is 1. The van der Waals surface area contributed by atoms with Crippen molar-refractivity contribution in [2.24, 2.45) is 5.92 Å². The molecule has 1 saturated heterocycles. The maximum absolute atomic E-state index is 11.4. The summed E-state index contributed by atoms with van der Waals surface area (Å²) < 4.78 is 0. The minimum absolute atomic E-state index is 0.124. The fourth-order valence-corrected chi connectivity index (χ4v) is 3.13. The van der Waals surface area contributed by atoms with E-state index in [2.05, 4.69) is 15.6 Å². The van der Waals surface area contributed by atoms with E-state index < -0.39 is 0 Å². The molecule has 2 aromatic rings. The normalized spacial score (nSPS) is 16.2. The number of hydrogen-bond donors (Lipinski definition) is 4. The molecule has 3 rings (SSSR count). The molecule has 0 atom stereocenters. The molecule has 2 heterocycles. The van der Waals surface area contributed by atoms with E-state index >= 15 is 0 Å². The molecule has 5 heteroatoms. The molecule has 1 aromatic heterocycles. The Labute approximate surface area is 129 Å². The van der Waals surface area contributed by atoms with E-state index in [0.29, 0.717) is 5.52 Å². The highest BCUT2D eigenvalue weighted by atomic mass is 16.3. The Morgan fingerprint density at radius 2 is 2.00 bits per heavy atom. The Kier molecular flexibility index (Phi) is 4.75. The lowest BCUT2D eigenvalue weighted by atomic mass is 9.98. The van der Waals surface area contributed by atoms with Crippen molar-refractivity contribution in [3.8, 4) is 5.75 Å². The van der Waals surface area contributed by atoms with Gasteiger partial charge in [-0.05, 0) is 69.1 Å². The number of fused-ring (bicyclic) bond motifs is 1. The zero-order valence-electron chi connectivity index (χ0n) is 12.7. The summed E-state index contributed by atoms with van der Waals surface area (Å²) >= 11 is 0. The third-order valence-electron chi connectivity index (χ3n) is 4.43. The molecule has 4 N–H and O–H groups in total. The Morgan fingerprint density at radius 1 is 1.18 bits per heavy atom. The van der Waals surface area contributed by atoms with Crippen molar-refractivity contribution in [2.75, 3.05) is 26.2 Å². The molecule has 118 valence electrons. The number of pyridine rings is 1. The Balaban J connectivity index is 1.61. The number of H-pyrrole nitrogens is 1. The summed E-state index contributed by atoms with van der Waals surface area (Å²) in [4.78, 5) is 14.1. The summed E-state index contributed by atoms with van der Waals surface area (Å²) in [5.74, 6) is 0.897. The third kappa shape index (κ3) is 3.48. The van der Waals surface area contributed by atoms with Crippen LogP contribution in [0, 0.1) is 5.92 Å². The minimum Gasteiger partial charge on any atom is -0.506 e. The van der Waals surface area contributed by atoms with E-state index in [1.165, 1.54) is 18.9 Å². The lowest BCUT2D eigenvalue weighted by Gasteiger charge is -2.22. The molecule has 0 aliphatic carbocycles. The maximum Gasteiger partial charge on any atom is 0.248 e. The van der Waals surface area contributed by atoms with Crippen LogP contribution >= 0.6 is 0 Å². The number of aromatic nitrogens is 1. The van der Waals surface area contributed by atoms with Crippen LogP contribution in [0.3, 0.4) is 0 Å². The van der Waals surface area contributed by atoms with E-state index in [0.717, 1.165) is 49.5 Å². The van der Waals surface area contributed by atoms with Gasteiger partial charge in [0.1, 0.15) is 5.75 Å². The van der Waals surface area contributed by atoms with Gasteiger partial charge in [-0.1, -0.05) is 6.07 Å². The number of phenolic OH excluding ortho intramolecular Hbond substituents is 1. The van der Waals surface area contributed by atoms with Gasteiger partial charge < -0.3 is 20.7 Å². The summed E-state index contributed by atoms with van der Waals surface area (Å²) in [6.45, 7) is 4.22. The highest BCUT2D eigenvalue weighted by Crippen LogP contribution is 2.24. The van der Waals surface area contributed by atoms with Crippen molar-refractivity contribution in [1.29, 1.82) is 0 Å². The van der Waals surface area contributed by atoms with Crippen molar-refractivity contribution >= 4 is 10.9 Å². The van der Waals surface area contributed by atoms with Crippen molar-refractivity contribution in [3.05, 3.63) is 40.2 Å². The van der Waals surface area contributed by atoms with E-state index in [1.54, 1.807) is 12.1 Å². The second-order valence-electron chi connectivity index (χ2n) is 6.00.